The zero-order chi connectivity index (χ0) is 20.4. The third-order valence-corrected chi connectivity index (χ3v) is 7.01. The second-order valence-electron chi connectivity index (χ2n) is 7.25. The highest BCUT2D eigenvalue weighted by Gasteiger charge is 2.43. The van der Waals surface area contributed by atoms with Crippen molar-refractivity contribution in [1.29, 1.82) is 5.26 Å². The first-order chi connectivity index (χ1) is 13.3. The van der Waals surface area contributed by atoms with E-state index in [-0.39, 0.29) is 13.0 Å². The van der Waals surface area contributed by atoms with Gasteiger partial charge in [-0.25, -0.2) is 13.1 Å². The lowest BCUT2D eigenvalue weighted by Crippen LogP contribution is -2.57. The van der Waals surface area contributed by atoms with Crippen molar-refractivity contribution in [2.75, 3.05) is 13.2 Å². The van der Waals surface area contributed by atoms with Crippen LogP contribution in [0.2, 0.25) is 0 Å². The van der Waals surface area contributed by atoms with Crippen molar-refractivity contribution < 1.29 is 18.3 Å². The molecule has 0 bridgehead atoms. The van der Waals surface area contributed by atoms with Crippen LogP contribution >= 0.6 is 0 Å². The number of ether oxygens (including phenoxy) is 1. The van der Waals surface area contributed by atoms with E-state index in [9.17, 15) is 18.8 Å². The molecule has 0 radical (unpaired) electrons. The van der Waals surface area contributed by atoms with E-state index in [1.165, 1.54) is 0 Å². The number of hydrogen-bond donors (Lipinski definition) is 2. The summed E-state index contributed by atoms with van der Waals surface area (Å²) in [7, 11) is -3.56. The van der Waals surface area contributed by atoms with Gasteiger partial charge in [-0.05, 0) is 36.6 Å². The molecule has 1 heterocycles. The van der Waals surface area contributed by atoms with Gasteiger partial charge >= 0.3 is 0 Å². The van der Waals surface area contributed by atoms with Gasteiger partial charge in [0.1, 0.15) is 5.60 Å². The summed E-state index contributed by atoms with van der Waals surface area (Å²) in [5.41, 5.74) is 1.49. The van der Waals surface area contributed by atoms with Crippen molar-refractivity contribution in [2.45, 2.75) is 37.2 Å². The number of benzene rings is 2. The van der Waals surface area contributed by atoms with Gasteiger partial charge in [0.05, 0.1) is 29.5 Å². The number of nitriles is 1. The molecule has 2 aromatic rings. The Kier molecular flexibility index (Phi) is 5.87. The number of hydrogen-bond acceptors (Lipinski definition) is 5. The highest BCUT2D eigenvalue weighted by Crippen LogP contribution is 2.34. The van der Waals surface area contributed by atoms with Crippen LogP contribution in [0.4, 0.5) is 0 Å². The molecular formula is C21H24N2O4S. The average Bonchev–Trinajstić information content (AvgIpc) is 2.69. The van der Waals surface area contributed by atoms with Crippen LogP contribution in [0.25, 0.3) is 11.1 Å². The van der Waals surface area contributed by atoms with Gasteiger partial charge < -0.3 is 9.84 Å². The Morgan fingerprint density at radius 2 is 1.89 bits per heavy atom. The minimum absolute atomic E-state index is 0.0987. The summed E-state index contributed by atoms with van der Waals surface area (Å²) in [6.07, 6.45) is 0.284. The molecule has 0 aliphatic carbocycles. The SMILES string of the molecule is CC(C)S(=O)(=O)N[C@H]1COCC[C@]1(O)c1ccc(-c2ccccc2C#N)cc1. The molecule has 1 fully saturated rings. The summed E-state index contributed by atoms with van der Waals surface area (Å²) in [5.74, 6) is 0. The van der Waals surface area contributed by atoms with E-state index in [1.807, 2.05) is 30.3 Å². The normalized spacial score (nSPS) is 22.8. The van der Waals surface area contributed by atoms with E-state index in [0.29, 0.717) is 17.7 Å². The molecule has 0 saturated carbocycles. The summed E-state index contributed by atoms with van der Waals surface area (Å²) >= 11 is 0. The summed E-state index contributed by atoms with van der Waals surface area (Å²) < 4.78 is 32.7. The lowest BCUT2D eigenvalue weighted by molar-refractivity contribution is -0.0898. The fourth-order valence-corrected chi connectivity index (χ4v) is 4.25. The van der Waals surface area contributed by atoms with Crippen LogP contribution in [0.3, 0.4) is 0 Å². The Balaban J connectivity index is 1.93. The van der Waals surface area contributed by atoms with Gasteiger partial charge in [0.25, 0.3) is 0 Å². The van der Waals surface area contributed by atoms with Crippen molar-refractivity contribution in [3.63, 3.8) is 0 Å². The quantitative estimate of drug-likeness (QED) is 0.803. The highest BCUT2D eigenvalue weighted by molar-refractivity contribution is 7.90. The first kappa shape index (κ1) is 20.5. The van der Waals surface area contributed by atoms with Crippen LogP contribution in [0.1, 0.15) is 31.4 Å². The summed E-state index contributed by atoms with van der Waals surface area (Å²) in [6.45, 7) is 3.62. The molecule has 7 heteroatoms. The van der Waals surface area contributed by atoms with Crippen molar-refractivity contribution in [1.82, 2.24) is 4.72 Å². The van der Waals surface area contributed by atoms with Gasteiger partial charge in [0.15, 0.2) is 0 Å². The Labute approximate surface area is 165 Å². The molecule has 0 spiro atoms. The second-order valence-corrected chi connectivity index (χ2v) is 9.52. The zero-order valence-electron chi connectivity index (χ0n) is 15.9. The minimum Gasteiger partial charge on any atom is -0.383 e. The van der Waals surface area contributed by atoms with Gasteiger partial charge in [-0.3, -0.25) is 0 Å². The molecule has 2 N–H and O–H groups in total. The van der Waals surface area contributed by atoms with Crippen molar-refractivity contribution in [3.05, 3.63) is 59.7 Å². The van der Waals surface area contributed by atoms with Gasteiger partial charge in [-0.15, -0.1) is 0 Å². The highest BCUT2D eigenvalue weighted by atomic mass is 32.2. The van der Waals surface area contributed by atoms with Crippen LogP contribution in [-0.4, -0.2) is 38.0 Å². The Morgan fingerprint density at radius 3 is 2.54 bits per heavy atom. The summed E-state index contributed by atoms with van der Waals surface area (Å²) in [6, 6.07) is 16.0. The average molecular weight is 401 g/mol. The van der Waals surface area contributed by atoms with Gasteiger partial charge in [-0.1, -0.05) is 42.5 Å². The molecule has 2 atom stereocenters. The summed E-state index contributed by atoms with van der Waals surface area (Å²) in [4.78, 5) is 0. The molecule has 6 nitrogen and oxygen atoms in total. The van der Waals surface area contributed by atoms with Crippen LogP contribution in [-0.2, 0) is 20.4 Å². The topological polar surface area (TPSA) is 99.4 Å². The molecule has 0 unspecified atom stereocenters. The van der Waals surface area contributed by atoms with Crippen LogP contribution in [0.5, 0.6) is 0 Å². The van der Waals surface area contributed by atoms with E-state index in [1.54, 1.807) is 32.0 Å². The van der Waals surface area contributed by atoms with Crippen LogP contribution in [0, 0.1) is 11.3 Å². The standard InChI is InChI=1S/C21H24N2O4S/c1-15(2)28(25,26)23-20-14-27-12-11-21(20,24)18-9-7-16(8-10-18)19-6-4-3-5-17(19)13-22/h3-10,15,20,23-24H,11-12,14H2,1-2H3/t20-,21-/m0/s1. The third-order valence-electron chi connectivity index (χ3n) is 5.16. The Hall–Kier alpha value is -2.24. The fourth-order valence-electron chi connectivity index (χ4n) is 3.32. The van der Waals surface area contributed by atoms with E-state index < -0.39 is 26.9 Å². The molecule has 1 saturated heterocycles. The van der Waals surface area contributed by atoms with Gasteiger partial charge in [0.2, 0.25) is 10.0 Å². The van der Waals surface area contributed by atoms with Gasteiger partial charge in [0, 0.05) is 13.0 Å². The smallest absolute Gasteiger partial charge is 0.214 e. The predicted molar refractivity (Wildman–Crippen MR) is 107 cm³/mol. The Bertz CT molecular complexity index is 980. The maximum absolute atomic E-state index is 12.3. The predicted octanol–water partition coefficient (Wildman–Crippen LogP) is 2.53. The molecule has 1 aliphatic rings. The molecule has 0 aromatic heterocycles. The minimum atomic E-state index is -3.56. The first-order valence-electron chi connectivity index (χ1n) is 9.19. The van der Waals surface area contributed by atoms with E-state index >= 15 is 0 Å². The van der Waals surface area contributed by atoms with E-state index in [4.69, 9.17) is 4.74 Å². The molecule has 148 valence electrons. The first-order valence-corrected chi connectivity index (χ1v) is 10.7. The van der Waals surface area contributed by atoms with E-state index in [2.05, 4.69) is 10.8 Å². The second kappa shape index (κ2) is 8.02. The van der Waals surface area contributed by atoms with Gasteiger partial charge in [-0.2, -0.15) is 5.26 Å². The monoisotopic (exact) mass is 400 g/mol. The van der Waals surface area contributed by atoms with Crippen molar-refractivity contribution in [3.8, 4) is 17.2 Å². The lowest BCUT2D eigenvalue weighted by Gasteiger charge is -2.40. The number of nitrogens with one attached hydrogen (secondary N) is 1. The summed E-state index contributed by atoms with van der Waals surface area (Å²) in [5, 5.41) is 20.0. The molecular weight excluding hydrogens is 376 g/mol. The number of rotatable bonds is 5. The molecule has 0 amide bonds. The number of aliphatic hydroxyl groups is 1. The number of sulfonamides is 1. The molecule has 3 rings (SSSR count). The lowest BCUT2D eigenvalue weighted by atomic mass is 9.82. The van der Waals surface area contributed by atoms with Crippen LogP contribution < -0.4 is 4.72 Å². The Morgan fingerprint density at radius 1 is 1.21 bits per heavy atom. The van der Waals surface area contributed by atoms with Crippen LogP contribution in [0.15, 0.2) is 48.5 Å². The molecule has 1 aliphatic heterocycles. The molecule has 28 heavy (non-hydrogen) atoms. The largest absolute Gasteiger partial charge is 0.383 e. The van der Waals surface area contributed by atoms with Crippen molar-refractivity contribution in [2.24, 2.45) is 0 Å². The fraction of sp³-hybridized carbons (Fsp3) is 0.381. The molecule has 2 aromatic carbocycles. The van der Waals surface area contributed by atoms with E-state index in [0.717, 1.165) is 11.1 Å². The number of nitrogens with zero attached hydrogens (tertiary/aromatic N) is 1. The maximum Gasteiger partial charge on any atom is 0.214 e. The third kappa shape index (κ3) is 3.96. The maximum atomic E-state index is 12.3. The zero-order valence-corrected chi connectivity index (χ0v) is 16.7. The van der Waals surface area contributed by atoms with Crippen molar-refractivity contribution >= 4 is 10.0 Å².